The first-order valence-corrected chi connectivity index (χ1v) is 8.78. The van der Waals surface area contributed by atoms with E-state index in [0.717, 1.165) is 0 Å². The Hall–Kier alpha value is -3.09. The topological polar surface area (TPSA) is 67.9 Å². The average Bonchev–Trinajstić information content (AvgIpc) is 3.06. The number of nitrogens with one attached hydrogen (secondary N) is 1. The lowest BCUT2D eigenvalue weighted by atomic mass is 10.1. The molecule has 0 aromatic heterocycles. The predicted octanol–water partition coefficient (Wildman–Crippen LogP) is 2.90. The summed E-state index contributed by atoms with van der Waals surface area (Å²) in [6.45, 7) is 2.87. The number of carbonyl (C=O) groups is 2. The molecule has 4 rings (SSSR count). The number of hydrogen-bond donors (Lipinski definition) is 1. The monoisotopic (exact) mass is 370 g/mol. The smallest absolute Gasteiger partial charge is 0.229 e. The first kappa shape index (κ1) is 17.3. The summed E-state index contributed by atoms with van der Waals surface area (Å²) in [5.74, 6) is -0.0845. The Balaban J connectivity index is 1.47. The van der Waals surface area contributed by atoms with E-state index in [9.17, 15) is 14.0 Å². The summed E-state index contributed by atoms with van der Waals surface area (Å²) in [5.41, 5.74) is 1.56. The summed E-state index contributed by atoms with van der Waals surface area (Å²) in [7, 11) is 0. The second kappa shape index (κ2) is 6.90. The number of benzene rings is 2. The molecule has 0 aliphatic carbocycles. The minimum absolute atomic E-state index is 0.106. The number of halogens is 1. The van der Waals surface area contributed by atoms with Crippen LogP contribution in [0.15, 0.2) is 36.4 Å². The molecule has 1 saturated heterocycles. The third-order valence-corrected chi connectivity index (χ3v) is 4.77. The van der Waals surface area contributed by atoms with Gasteiger partial charge in [-0.3, -0.25) is 9.59 Å². The van der Waals surface area contributed by atoms with Gasteiger partial charge in [0, 0.05) is 30.4 Å². The number of fused-ring (bicyclic) bond motifs is 1. The van der Waals surface area contributed by atoms with Crippen molar-refractivity contribution in [1.82, 2.24) is 0 Å². The number of carbonyl (C=O) groups excluding carboxylic acids is 2. The van der Waals surface area contributed by atoms with Gasteiger partial charge in [-0.15, -0.1) is 0 Å². The molecule has 2 amide bonds. The molecule has 2 heterocycles. The van der Waals surface area contributed by atoms with Crippen LogP contribution in [0.25, 0.3) is 0 Å². The van der Waals surface area contributed by atoms with Gasteiger partial charge in [0.2, 0.25) is 11.8 Å². The maximum absolute atomic E-state index is 13.7. The first-order valence-electron chi connectivity index (χ1n) is 8.78. The van der Waals surface area contributed by atoms with Crippen LogP contribution in [0.3, 0.4) is 0 Å². The maximum Gasteiger partial charge on any atom is 0.229 e. The average molecular weight is 370 g/mol. The second-order valence-electron chi connectivity index (χ2n) is 6.69. The third-order valence-electron chi connectivity index (χ3n) is 4.77. The zero-order valence-corrected chi connectivity index (χ0v) is 14.8. The molecule has 0 unspecified atom stereocenters. The van der Waals surface area contributed by atoms with E-state index in [1.807, 2.05) is 0 Å². The Labute approximate surface area is 155 Å². The van der Waals surface area contributed by atoms with Gasteiger partial charge in [0.05, 0.1) is 5.92 Å². The standard InChI is InChI=1S/C20H19FN2O4/c1-12-2-3-14(9-16(12)21)22-20(25)13-8-19(24)23(11-13)15-4-5-17-18(10-15)27-7-6-26-17/h2-5,9-10,13H,6-8,11H2,1H3,(H,22,25)/t13-/m0/s1. The fourth-order valence-electron chi connectivity index (χ4n) is 3.25. The van der Waals surface area contributed by atoms with Crippen LogP contribution in [0.1, 0.15) is 12.0 Å². The Kier molecular flexibility index (Phi) is 4.43. The lowest BCUT2D eigenvalue weighted by Gasteiger charge is -2.22. The number of ether oxygens (including phenoxy) is 2. The molecule has 2 aromatic rings. The molecule has 7 heteroatoms. The van der Waals surface area contributed by atoms with Crippen LogP contribution in [-0.2, 0) is 9.59 Å². The highest BCUT2D eigenvalue weighted by molar-refractivity contribution is 6.03. The van der Waals surface area contributed by atoms with Crippen LogP contribution < -0.4 is 19.7 Å². The molecule has 27 heavy (non-hydrogen) atoms. The van der Waals surface area contributed by atoms with E-state index < -0.39 is 5.92 Å². The van der Waals surface area contributed by atoms with Gasteiger partial charge in [-0.25, -0.2) is 4.39 Å². The Morgan fingerprint density at radius 3 is 2.70 bits per heavy atom. The van der Waals surface area contributed by atoms with E-state index in [1.54, 1.807) is 42.2 Å². The van der Waals surface area contributed by atoms with Gasteiger partial charge in [0.25, 0.3) is 0 Å². The Morgan fingerprint density at radius 1 is 1.15 bits per heavy atom. The normalized spacial score (nSPS) is 18.5. The summed E-state index contributed by atoms with van der Waals surface area (Å²) in [6, 6.07) is 9.82. The zero-order valence-electron chi connectivity index (χ0n) is 14.8. The molecular formula is C20H19FN2O4. The van der Waals surface area contributed by atoms with Crippen LogP contribution in [0, 0.1) is 18.7 Å². The molecule has 1 N–H and O–H groups in total. The minimum Gasteiger partial charge on any atom is -0.486 e. The molecule has 0 radical (unpaired) electrons. The maximum atomic E-state index is 13.7. The number of rotatable bonds is 3. The molecule has 1 fully saturated rings. The number of anilines is 2. The summed E-state index contributed by atoms with van der Waals surface area (Å²) in [4.78, 5) is 26.5. The van der Waals surface area contributed by atoms with Gasteiger partial charge in [-0.2, -0.15) is 0 Å². The molecule has 1 atom stereocenters. The second-order valence-corrected chi connectivity index (χ2v) is 6.69. The van der Waals surface area contributed by atoms with Gasteiger partial charge in [0.1, 0.15) is 19.0 Å². The van der Waals surface area contributed by atoms with Crippen LogP contribution in [0.5, 0.6) is 11.5 Å². The summed E-state index contributed by atoms with van der Waals surface area (Å²) < 4.78 is 24.7. The fraction of sp³-hybridized carbons (Fsp3) is 0.300. The molecular weight excluding hydrogens is 351 g/mol. The molecule has 140 valence electrons. The van der Waals surface area contributed by atoms with Crippen LogP contribution in [0.2, 0.25) is 0 Å². The van der Waals surface area contributed by atoms with Gasteiger partial charge >= 0.3 is 0 Å². The van der Waals surface area contributed by atoms with Gasteiger partial charge in [-0.1, -0.05) is 6.07 Å². The first-order chi connectivity index (χ1) is 13.0. The number of aryl methyl sites for hydroxylation is 1. The van der Waals surface area contributed by atoms with E-state index >= 15 is 0 Å². The fourth-order valence-corrected chi connectivity index (χ4v) is 3.25. The van der Waals surface area contributed by atoms with Crippen LogP contribution in [-0.4, -0.2) is 31.6 Å². The molecule has 0 saturated carbocycles. The highest BCUT2D eigenvalue weighted by Gasteiger charge is 2.35. The highest BCUT2D eigenvalue weighted by atomic mass is 19.1. The van der Waals surface area contributed by atoms with Crippen molar-refractivity contribution >= 4 is 23.2 Å². The van der Waals surface area contributed by atoms with Gasteiger partial charge in [0.15, 0.2) is 11.5 Å². The molecule has 2 aromatic carbocycles. The Bertz CT molecular complexity index is 915. The van der Waals surface area contributed by atoms with Crippen LogP contribution >= 0.6 is 0 Å². The van der Waals surface area contributed by atoms with E-state index in [0.29, 0.717) is 41.7 Å². The van der Waals surface area contributed by atoms with Crippen molar-refractivity contribution in [1.29, 1.82) is 0 Å². The number of nitrogens with zero attached hydrogens (tertiary/aromatic N) is 1. The van der Waals surface area contributed by atoms with E-state index in [2.05, 4.69) is 5.32 Å². The predicted molar refractivity (Wildman–Crippen MR) is 97.7 cm³/mol. The van der Waals surface area contributed by atoms with Gasteiger partial charge in [-0.05, 0) is 36.8 Å². The quantitative estimate of drug-likeness (QED) is 0.902. The SMILES string of the molecule is Cc1ccc(NC(=O)[C@H]2CC(=O)N(c3ccc4c(c3)OCCO4)C2)cc1F. The Morgan fingerprint density at radius 2 is 1.93 bits per heavy atom. The van der Waals surface area contributed by atoms with E-state index in [-0.39, 0.29) is 30.6 Å². The number of amides is 2. The van der Waals surface area contributed by atoms with Crippen molar-refractivity contribution in [2.75, 3.05) is 30.0 Å². The van der Waals surface area contributed by atoms with Crippen molar-refractivity contribution in [3.8, 4) is 11.5 Å². The van der Waals surface area contributed by atoms with E-state index in [4.69, 9.17) is 9.47 Å². The highest BCUT2D eigenvalue weighted by Crippen LogP contribution is 2.36. The minimum atomic E-state index is -0.505. The lowest BCUT2D eigenvalue weighted by Crippen LogP contribution is -2.28. The molecule has 0 spiro atoms. The largest absolute Gasteiger partial charge is 0.486 e. The molecule has 2 aliphatic rings. The number of hydrogen-bond acceptors (Lipinski definition) is 4. The van der Waals surface area contributed by atoms with Crippen molar-refractivity contribution in [3.63, 3.8) is 0 Å². The van der Waals surface area contributed by atoms with E-state index in [1.165, 1.54) is 6.07 Å². The van der Waals surface area contributed by atoms with Crippen molar-refractivity contribution < 1.29 is 23.5 Å². The van der Waals surface area contributed by atoms with Crippen molar-refractivity contribution in [2.45, 2.75) is 13.3 Å². The summed E-state index contributed by atoms with van der Waals surface area (Å²) in [5, 5.41) is 2.69. The molecule has 2 aliphatic heterocycles. The van der Waals surface area contributed by atoms with Gasteiger partial charge < -0.3 is 19.7 Å². The lowest BCUT2D eigenvalue weighted by molar-refractivity contribution is -0.122. The van der Waals surface area contributed by atoms with Crippen LogP contribution in [0.4, 0.5) is 15.8 Å². The van der Waals surface area contributed by atoms with Crippen molar-refractivity contribution in [3.05, 3.63) is 47.8 Å². The summed E-state index contributed by atoms with van der Waals surface area (Å²) >= 11 is 0. The molecule has 0 bridgehead atoms. The zero-order chi connectivity index (χ0) is 19.0. The van der Waals surface area contributed by atoms with Crippen molar-refractivity contribution in [2.24, 2.45) is 5.92 Å². The third kappa shape index (κ3) is 3.45. The summed E-state index contributed by atoms with van der Waals surface area (Å²) in [6.07, 6.45) is 0.106. The molecule has 6 nitrogen and oxygen atoms in total.